The first-order chi connectivity index (χ1) is 14.3. The summed E-state index contributed by atoms with van der Waals surface area (Å²) in [6.45, 7) is 1.12. The lowest BCUT2D eigenvalue weighted by atomic mass is 9.70. The molecule has 2 heterocycles. The highest BCUT2D eigenvalue weighted by atomic mass is 32.2. The van der Waals surface area contributed by atoms with Crippen LogP contribution in [0.4, 0.5) is 18.9 Å². The molecular formula is C20H25F3N4O3S. The number of carbonyl (C=O) groups is 1. The van der Waals surface area contributed by atoms with Gasteiger partial charge in [-0.15, -0.1) is 0 Å². The summed E-state index contributed by atoms with van der Waals surface area (Å²) in [6, 6.07) is 5.15. The van der Waals surface area contributed by atoms with Crippen molar-refractivity contribution in [1.29, 1.82) is 5.26 Å². The molecule has 170 valence electrons. The second-order valence-electron chi connectivity index (χ2n) is 8.53. The number of halogens is 3. The smallest absolute Gasteiger partial charge is 0.370 e. The number of nitriles is 1. The number of sulfonamides is 1. The van der Waals surface area contributed by atoms with Crippen molar-refractivity contribution in [2.45, 2.75) is 19.0 Å². The summed E-state index contributed by atoms with van der Waals surface area (Å²) in [7, 11) is -0.0873. The lowest BCUT2D eigenvalue weighted by Gasteiger charge is -2.41. The summed E-state index contributed by atoms with van der Waals surface area (Å²) in [6.07, 6.45) is -2.63. The van der Waals surface area contributed by atoms with Gasteiger partial charge in [0.15, 0.2) is 0 Å². The number of hydrogen-bond donors (Lipinski definition) is 0. The van der Waals surface area contributed by atoms with Crippen LogP contribution in [0.25, 0.3) is 0 Å². The number of rotatable bonds is 3. The van der Waals surface area contributed by atoms with Crippen LogP contribution in [0.5, 0.6) is 0 Å². The molecule has 1 aromatic carbocycles. The van der Waals surface area contributed by atoms with Crippen LogP contribution in [0.15, 0.2) is 18.2 Å². The summed E-state index contributed by atoms with van der Waals surface area (Å²) < 4.78 is 65.4. The maximum atomic E-state index is 13.4. The molecule has 1 unspecified atom stereocenters. The van der Waals surface area contributed by atoms with Gasteiger partial charge in [0.05, 0.1) is 29.4 Å². The van der Waals surface area contributed by atoms with Crippen molar-refractivity contribution in [3.63, 3.8) is 0 Å². The first-order valence-electron chi connectivity index (χ1n) is 9.81. The molecule has 1 aromatic rings. The molecule has 2 aliphatic rings. The number of nitrogens with zero attached hydrogens (tertiary/aromatic N) is 4. The first kappa shape index (κ1) is 23.3. The fourth-order valence-corrected chi connectivity index (χ4v) is 5.49. The van der Waals surface area contributed by atoms with Gasteiger partial charge in [-0.2, -0.15) is 18.4 Å². The van der Waals surface area contributed by atoms with Gasteiger partial charge in [0.25, 0.3) is 0 Å². The van der Waals surface area contributed by atoms with Crippen LogP contribution in [0, 0.1) is 22.7 Å². The molecule has 7 nitrogen and oxygen atoms in total. The molecule has 0 N–H and O–H groups in total. The van der Waals surface area contributed by atoms with Crippen LogP contribution in [0.1, 0.15) is 24.0 Å². The van der Waals surface area contributed by atoms with Crippen LogP contribution in [-0.2, 0) is 21.0 Å². The number of alkyl halides is 3. The molecule has 1 spiro atoms. The average Bonchev–Trinajstić information content (AvgIpc) is 3.04. The molecule has 11 heteroatoms. The summed E-state index contributed by atoms with van der Waals surface area (Å²) in [5, 5.41) is 9.04. The molecule has 0 aliphatic carbocycles. The van der Waals surface area contributed by atoms with Gasteiger partial charge >= 0.3 is 6.18 Å². The van der Waals surface area contributed by atoms with Crippen molar-refractivity contribution >= 4 is 21.6 Å². The second-order valence-corrected chi connectivity index (χ2v) is 10.5. The van der Waals surface area contributed by atoms with E-state index in [2.05, 4.69) is 0 Å². The van der Waals surface area contributed by atoms with E-state index in [4.69, 9.17) is 5.26 Å². The highest BCUT2D eigenvalue weighted by molar-refractivity contribution is 7.88. The van der Waals surface area contributed by atoms with Gasteiger partial charge in [-0.1, -0.05) is 0 Å². The third-order valence-corrected chi connectivity index (χ3v) is 7.67. The van der Waals surface area contributed by atoms with E-state index in [9.17, 15) is 26.4 Å². The molecule has 1 amide bonds. The van der Waals surface area contributed by atoms with Crippen LogP contribution in [0.2, 0.25) is 0 Å². The van der Waals surface area contributed by atoms with Gasteiger partial charge in [-0.05, 0) is 31.0 Å². The average molecular weight is 459 g/mol. The molecular weight excluding hydrogens is 433 g/mol. The lowest BCUT2D eigenvalue weighted by Crippen LogP contribution is -2.49. The van der Waals surface area contributed by atoms with Gasteiger partial charge < -0.3 is 9.80 Å². The summed E-state index contributed by atoms with van der Waals surface area (Å²) in [4.78, 5) is 16.2. The molecule has 0 radical (unpaired) electrons. The summed E-state index contributed by atoms with van der Waals surface area (Å²) in [5.74, 6) is -0.589. The molecule has 31 heavy (non-hydrogen) atoms. The third-order valence-electron chi connectivity index (χ3n) is 6.37. The SMILES string of the molecule is CN(C)C(=O)C1CN(c2ccc(C#N)c(C(F)(F)F)c2)CC12CCN(S(C)(=O)=O)CC2. The molecule has 3 rings (SSSR count). The Hall–Kier alpha value is -2.32. The molecule has 1 atom stereocenters. The van der Waals surface area contributed by atoms with E-state index in [1.54, 1.807) is 25.1 Å². The monoisotopic (exact) mass is 458 g/mol. The van der Waals surface area contributed by atoms with Crippen LogP contribution < -0.4 is 4.90 Å². The van der Waals surface area contributed by atoms with E-state index >= 15 is 0 Å². The number of piperidine rings is 1. The molecule has 2 aliphatic heterocycles. The molecule has 2 saturated heterocycles. The fourth-order valence-electron chi connectivity index (χ4n) is 4.65. The third kappa shape index (κ3) is 4.50. The van der Waals surface area contributed by atoms with Crippen LogP contribution in [0.3, 0.4) is 0 Å². The standard InChI is InChI=1S/C20H25F3N4O3S/c1-25(2)18(28)17-12-26(13-19(17)6-8-27(9-7-19)31(3,29)30)15-5-4-14(11-24)16(10-15)20(21,22)23/h4-5,10,17H,6-9,12-13H2,1-3H3. The van der Waals surface area contributed by atoms with Gasteiger partial charge in [0, 0.05) is 51.4 Å². The Bertz CT molecular complexity index is 1010. The fraction of sp³-hybridized carbons (Fsp3) is 0.600. The van der Waals surface area contributed by atoms with Crippen molar-refractivity contribution in [3.8, 4) is 6.07 Å². The minimum atomic E-state index is -4.67. The van der Waals surface area contributed by atoms with Crippen LogP contribution in [-0.4, -0.2) is 70.1 Å². The Labute approximate surface area is 180 Å². The summed E-state index contributed by atoms with van der Waals surface area (Å²) in [5.41, 5.74) is -1.69. The maximum absolute atomic E-state index is 13.4. The number of hydrogen-bond acceptors (Lipinski definition) is 5. The molecule has 0 saturated carbocycles. The van der Waals surface area contributed by atoms with Crippen molar-refractivity contribution in [2.75, 3.05) is 51.4 Å². The Morgan fingerprint density at radius 2 is 1.87 bits per heavy atom. The van der Waals surface area contributed by atoms with E-state index < -0.39 is 38.7 Å². The lowest BCUT2D eigenvalue weighted by molar-refractivity contribution is -0.138. The van der Waals surface area contributed by atoms with Crippen LogP contribution >= 0.6 is 0 Å². The number of amides is 1. The number of carbonyl (C=O) groups excluding carboxylic acids is 1. The zero-order valence-electron chi connectivity index (χ0n) is 17.6. The zero-order chi connectivity index (χ0) is 23.2. The molecule has 0 aromatic heterocycles. The normalized spacial score (nSPS) is 21.8. The first-order valence-corrected chi connectivity index (χ1v) is 11.7. The van der Waals surface area contributed by atoms with Gasteiger partial charge in [0.2, 0.25) is 15.9 Å². The maximum Gasteiger partial charge on any atom is 0.417 e. The predicted octanol–water partition coefficient (Wildman–Crippen LogP) is 2.14. The van der Waals surface area contributed by atoms with Gasteiger partial charge in [0.1, 0.15) is 0 Å². The quantitative estimate of drug-likeness (QED) is 0.693. The predicted molar refractivity (Wildman–Crippen MR) is 109 cm³/mol. The number of benzene rings is 1. The summed E-state index contributed by atoms with van der Waals surface area (Å²) >= 11 is 0. The van der Waals surface area contributed by atoms with Crippen molar-refractivity contribution in [1.82, 2.24) is 9.21 Å². The minimum Gasteiger partial charge on any atom is -0.370 e. The van der Waals surface area contributed by atoms with E-state index in [1.165, 1.54) is 15.3 Å². The van der Waals surface area contributed by atoms with Crippen molar-refractivity contribution in [3.05, 3.63) is 29.3 Å². The highest BCUT2D eigenvalue weighted by Crippen LogP contribution is 2.47. The van der Waals surface area contributed by atoms with Crippen molar-refractivity contribution in [2.24, 2.45) is 11.3 Å². The van der Waals surface area contributed by atoms with Gasteiger partial charge in [-0.3, -0.25) is 4.79 Å². The Kier molecular flexibility index (Phi) is 6.01. The van der Waals surface area contributed by atoms with E-state index in [-0.39, 0.29) is 25.5 Å². The van der Waals surface area contributed by atoms with E-state index in [0.717, 1.165) is 18.4 Å². The Balaban J connectivity index is 1.95. The Morgan fingerprint density at radius 3 is 2.35 bits per heavy atom. The van der Waals surface area contributed by atoms with E-state index in [0.29, 0.717) is 25.1 Å². The second kappa shape index (κ2) is 7.98. The minimum absolute atomic E-state index is 0.125. The Morgan fingerprint density at radius 1 is 1.26 bits per heavy atom. The highest BCUT2D eigenvalue weighted by Gasteiger charge is 2.52. The zero-order valence-corrected chi connectivity index (χ0v) is 18.4. The van der Waals surface area contributed by atoms with Crippen molar-refractivity contribution < 1.29 is 26.4 Å². The molecule has 0 bridgehead atoms. The topological polar surface area (TPSA) is 84.7 Å². The largest absolute Gasteiger partial charge is 0.417 e. The van der Waals surface area contributed by atoms with E-state index in [1.807, 2.05) is 0 Å². The van der Waals surface area contributed by atoms with Gasteiger partial charge in [-0.25, -0.2) is 12.7 Å². The molecule has 2 fully saturated rings. The number of anilines is 1.